The van der Waals surface area contributed by atoms with E-state index in [0.717, 1.165) is 0 Å². The fourth-order valence-electron chi connectivity index (χ4n) is 3.41. The zero-order valence-corrected chi connectivity index (χ0v) is 19.2. The number of phenols is 2. The van der Waals surface area contributed by atoms with E-state index in [9.17, 15) is 10.2 Å². The van der Waals surface area contributed by atoms with Gasteiger partial charge in [-0.1, -0.05) is 0 Å². The fraction of sp³-hybridized carbons (Fsp3) is 0.160. The van der Waals surface area contributed by atoms with Crippen molar-refractivity contribution in [2.45, 2.75) is 0 Å². The molecule has 4 rings (SSSR count). The molecule has 10 nitrogen and oxygen atoms in total. The summed E-state index contributed by atoms with van der Waals surface area (Å²) in [5.74, 6) is 2.08. The molecule has 0 bridgehead atoms. The Morgan fingerprint density at radius 3 is 1.49 bits per heavy atom. The van der Waals surface area contributed by atoms with E-state index < -0.39 is 6.79 Å². The van der Waals surface area contributed by atoms with Crippen LogP contribution >= 0.6 is 0 Å². The number of methoxy groups -OCH3 is 3. The summed E-state index contributed by atoms with van der Waals surface area (Å²) in [5, 5.41) is 30.3. The van der Waals surface area contributed by atoms with E-state index in [2.05, 4.69) is 15.0 Å². The zero-order valence-electron chi connectivity index (χ0n) is 19.2. The van der Waals surface area contributed by atoms with Crippen molar-refractivity contribution in [1.29, 1.82) is 0 Å². The number of aliphatic hydroxyl groups is 1. The van der Waals surface area contributed by atoms with Crippen molar-refractivity contribution in [3.8, 4) is 68.7 Å². The molecule has 0 unspecified atom stereocenters. The lowest BCUT2D eigenvalue weighted by Gasteiger charge is -2.13. The molecule has 0 fully saturated rings. The number of ether oxygens (including phenoxy) is 4. The first-order valence-electron chi connectivity index (χ1n) is 10.4. The number of hydrogen-bond acceptors (Lipinski definition) is 10. The largest absolute Gasteiger partial charge is 0.507 e. The SMILES string of the molecule is COc1ccc(-c2nc(-c3ccc(OC)cc3O)nc(-c3ccc(OCO)cc3OC)n2)c(O)c1. The standard InChI is InChI=1S/C25H23N3O7/c1-32-14-4-7-17(20(30)10-14)23-26-24(18-8-5-15(33-2)11-21(18)31)28-25(27-23)19-9-6-16(35-13-29)12-22(19)34-3/h4-12,29-31H,13H2,1-3H3. The van der Waals surface area contributed by atoms with Crippen molar-refractivity contribution >= 4 is 0 Å². The van der Waals surface area contributed by atoms with Crippen LogP contribution < -0.4 is 18.9 Å². The lowest BCUT2D eigenvalue weighted by atomic mass is 10.1. The molecule has 0 aliphatic heterocycles. The third kappa shape index (κ3) is 4.87. The fourth-order valence-corrected chi connectivity index (χ4v) is 3.41. The minimum absolute atomic E-state index is 0.0925. The molecule has 0 spiro atoms. The second-order valence-electron chi connectivity index (χ2n) is 7.21. The van der Waals surface area contributed by atoms with Crippen LogP contribution in [0.5, 0.6) is 34.5 Å². The van der Waals surface area contributed by atoms with Crippen molar-refractivity contribution in [2.24, 2.45) is 0 Å². The average Bonchev–Trinajstić information content (AvgIpc) is 2.88. The van der Waals surface area contributed by atoms with Gasteiger partial charge in [0.25, 0.3) is 0 Å². The third-order valence-electron chi connectivity index (χ3n) is 5.17. The van der Waals surface area contributed by atoms with Crippen LogP contribution in [-0.2, 0) is 0 Å². The number of nitrogens with zero attached hydrogens (tertiary/aromatic N) is 3. The van der Waals surface area contributed by atoms with Crippen molar-refractivity contribution in [1.82, 2.24) is 15.0 Å². The van der Waals surface area contributed by atoms with E-state index >= 15 is 0 Å². The highest BCUT2D eigenvalue weighted by Crippen LogP contribution is 2.37. The molecule has 0 radical (unpaired) electrons. The first-order valence-corrected chi connectivity index (χ1v) is 10.4. The molecule has 0 aliphatic carbocycles. The smallest absolute Gasteiger partial charge is 0.186 e. The van der Waals surface area contributed by atoms with Crippen LogP contribution in [0.3, 0.4) is 0 Å². The monoisotopic (exact) mass is 477 g/mol. The molecular formula is C25H23N3O7. The molecular weight excluding hydrogens is 454 g/mol. The van der Waals surface area contributed by atoms with E-state index in [1.807, 2.05) is 0 Å². The van der Waals surface area contributed by atoms with Gasteiger partial charge in [-0.25, -0.2) is 15.0 Å². The Morgan fingerprint density at radius 1 is 0.600 bits per heavy atom. The van der Waals surface area contributed by atoms with Gasteiger partial charge >= 0.3 is 0 Å². The summed E-state index contributed by atoms with van der Waals surface area (Å²) in [6, 6.07) is 14.4. The minimum atomic E-state index is -0.490. The summed E-state index contributed by atoms with van der Waals surface area (Å²) >= 11 is 0. The van der Waals surface area contributed by atoms with Gasteiger partial charge in [0.15, 0.2) is 24.3 Å². The van der Waals surface area contributed by atoms with Crippen LogP contribution in [0.15, 0.2) is 54.6 Å². The Kier molecular flexibility index (Phi) is 6.83. The number of hydrogen-bond donors (Lipinski definition) is 3. The topological polar surface area (TPSA) is 136 Å². The zero-order chi connectivity index (χ0) is 24.9. The molecule has 180 valence electrons. The van der Waals surface area contributed by atoms with Gasteiger partial charge in [-0.15, -0.1) is 0 Å². The summed E-state index contributed by atoms with van der Waals surface area (Å²) < 4.78 is 21.0. The number of phenolic OH excluding ortho intramolecular Hbond substituents is 2. The van der Waals surface area contributed by atoms with Gasteiger partial charge in [-0.2, -0.15) is 0 Å². The van der Waals surface area contributed by atoms with Gasteiger partial charge in [-0.3, -0.25) is 0 Å². The number of aromatic nitrogens is 3. The van der Waals surface area contributed by atoms with Crippen molar-refractivity contribution in [2.75, 3.05) is 28.1 Å². The lowest BCUT2D eigenvalue weighted by molar-refractivity contribution is 0.0983. The normalized spacial score (nSPS) is 10.6. The predicted octanol–water partition coefficient (Wildman–Crippen LogP) is 3.64. The van der Waals surface area contributed by atoms with Gasteiger partial charge in [-0.05, 0) is 36.4 Å². The Hall–Kier alpha value is -4.57. The summed E-state index contributed by atoms with van der Waals surface area (Å²) in [7, 11) is 4.47. The molecule has 1 heterocycles. The van der Waals surface area contributed by atoms with Crippen LogP contribution in [0.2, 0.25) is 0 Å². The summed E-state index contributed by atoms with van der Waals surface area (Å²) in [5.41, 5.74) is 1.18. The number of rotatable bonds is 8. The highest BCUT2D eigenvalue weighted by atomic mass is 16.6. The van der Waals surface area contributed by atoms with E-state index in [0.29, 0.717) is 39.7 Å². The lowest BCUT2D eigenvalue weighted by Crippen LogP contribution is -2.02. The maximum absolute atomic E-state index is 10.6. The van der Waals surface area contributed by atoms with Crippen molar-refractivity contribution in [3.63, 3.8) is 0 Å². The molecule has 0 atom stereocenters. The predicted molar refractivity (Wildman–Crippen MR) is 127 cm³/mol. The van der Waals surface area contributed by atoms with Gasteiger partial charge in [0.1, 0.15) is 34.5 Å². The Bertz CT molecular complexity index is 1290. The Balaban J connectivity index is 1.94. The molecule has 10 heteroatoms. The summed E-state index contributed by atoms with van der Waals surface area (Å²) in [4.78, 5) is 13.6. The Morgan fingerprint density at radius 2 is 1.06 bits per heavy atom. The molecule has 35 heavy (non-hydrogen) atoms. The molecule has 3 aromatic carbocycles. The number of aliphatic hydroxyl groups excluding tert-OH is 1. The van der Waals surface area contributed by atoms with Gasteiger partial charge in [0.05, 0.1) is 38.0 Å². The Labute approximate surface area is 201 Å². The van der Waals surface area contributed by atoms with Crippen LogP contribution in [0.1, 0.15) is 0 Å². The molecule has 4 aromatic rings. The second kappa shape index (κ2) is 10.1. The maximum Gasteiger partial charge on any atom is 0.186 e. The first kappa shape index (κ1) is 23.6. The average molecular weight is 477 g/mol. The van der Waals surface area contributed by atoms with E-state index in [1.54, 1.807) is 42.5 Å². The van der Waals surface area contributed by atoms with Gasteiger partial charge in [0.2, 0.25) is 0 Å². The second-order valence-corrected chi connectivity index (χ2v) is 7.21. The summed E-state index contributed by atoms with van der Waals surface area (Å²) in [6.07, 6.45) is 0. The molecule has 0 saturated carbocycles. The van der Waals surface area contributed by atoms with Crippen LogP contribution in [0.4, 0.5) is 0 Å². The van der Waals surface area contributed by atoms with Crippen LogP contribution in [0, 0.1) is 0 Å². The molecule has 0 amide bonds. The number of aromatic hydroxyl groups is 2. The third-order valence-corrected chi connectivity index (χ3v) is 5.17. The van der Waals surface area contributed by atoms with Gasteiger partial charge < -0.3 is 34.3 Å². The van der Waals surface area contributed by atoms with E-state index in [1.165, 1.54) is 33.5 Å². The van der Waals surface area contributed by atoms with Crippen molar-refractivity contribution in [3.05, 3.63) is 54.6 Å². The molecule has 1 aromatic heterocycles. The van der Waals surface area contributed by atoms with E-state index in [-0.39, 0.29) is 29.0 Å². The molecule has 0 aliphatic rings. The highest BCUT2D eigenvalue weighted by Gasteiger charge is 2.19. The number of benzene rings is 3. The van der Waals surface area contributed by atoms with Gasteiger partial charge in [0, 0.05) is 18.2 Å². The highest BCUT2D eigenvalue weighted by molar-refractivity contribution is 5.74. The maximum atomic E-state index is 10.6. The molecule has 0 saturated heterocycles. The quantitative estimate of drug-likeness (QED) is 0.323. The first-order chi connectivity index (χ1) is 17.0. The van der Waals surface area contributed by atoms with Crippen LogP contribution in [-0.4, -0.2) is 58.4 Å². The van der Waals surface area contributed by atoms with E-state index in [4.69, 9.17) is 24.1 Å². The molecule has 3 N–H and O–H groups in total. The van der Waals surface area contributed by atoms with Crippen LogP contribution in [0.25, 0.3) is 34.2 Å². The minimum Gasteiger partial charge on any atom is -0.507 e. The van der Waals surface area contributed by atoms with Crippen molar-refractivity contribution < 1.29 is 34.3 Å². The summed E-state index contributed by atoms with van der Waals surface area (Å²) in [6.45, 7) is -0.490.